The Balaban J connectivity index is 1.47. The summed E-state index contributed by atoms with van der Waals surface area (Å²) < 4.78 is 0. The van der Waals surface area contributed by atoms with Crippen molar-refractivity contribution >= 4 is 23.2 Å². The number of carbonyl (C=O) groups is 1. The van der Waals surface area contributed by atoms with E-state index in [0.717, 1.165) is 42.1 Å². The topological polar surface area (TPSA) is 32.3 Å². The van der Waals surface area contributed by atoms with Crippen LogP contribution in [-0.4, -0.2) is 23.4 Å². The fraction of sp³-hybridized carbons (Fsp3) is 0.400. The molecule has 2 aromatic carbocycles. The molecule has 5 rings (SSSR count). The highest BCUT2D eigenvalue weighted by Gasteiger charge is 2.38. The van der Waals surface area contributed by atoms with E-state index in [1.165, 1.54) is 17.5 Å². The van der Waals surface area contributed by atoms with Crippen molar-refractivity contribution in [2.45, 2.75) is 50.6 Å². The van der Waals surface area contributed by atoms with Gasteiger partial charge in [0.15, 0.2) is 0 Å². The molecule has 1 saturated heterocycles. The third-order valence-corrected chi connectivity index (χ3v) is 7.15. The Morgan fingerprint density at radius 2 is 1.97 bits per heavy atom. The van der Waals surface area contributed by atoms with Gasteiger partial charge in [-0.2, -0.15) is 0 Å². The number of nitrogens with zero attached hydrogens (tertiary/aromatic N) is 1. The van der Waals surface area contributed by atoms with Crippen LogP contribution in [0, 0.1) is 5.92 Å². The summed E-state index contributed by atoms with van der Waals surface area (Å²) in [6.45, 7) is 3.05. The summed E-state index contributed by atoms with van der Waals surface area (Å²) in [5, 5.41) is 4.52. The first kappa shape index (κ1) is 18.7. The first-order valence-electron chi connectivity index (χ1n) is 10.8. The Bertz CT molecular complexity index is 952. The number of hydrogen-bond acceptors (Lipinski definition) is 2. The lowest BCUT2D eigenvalue weighted by atomic mass is 9.76. The lowest BCUT2D eigenvalue weighted by Crippen LogP contribution is -2.42. The van der Waals surface area contributed by atoms with E-state index in [9.17, 15) is 4.79 Å². The standard InChI is InChI=1S/C25H27ClN2O/c1-16-5-2-3-14-28(16)25(29)18-10-13-23-22(15-18)20-6-4-7-21(20)24(27-23)17-8-11-19(26)12-9-17/h4,6,8-13,15-16,20-21,24,27H,2-3,5,7,14H2,1H3/t16-,20+,21-,24-/m0/s1. The molecule has 2 aromatic rings. The number of allylic oxidation sites excluding steroid dienone is 2. The van der Waals surface area contributed by atoms with Gasteiger partial charge in [-0.25, -0.2) is 0 Å². The van der Waals surface area contributed by atoms with Crippen LogP contribution in [0.25, 0.3) is 0 Å². The minimum atomic E-state index is 0.179. The van der Waals surface area contributed by atoms with Gasteiger partial charge in [0.2, 0.25) is 0 Å². The fourth-order valence-corrected chi connectivity index (χ4v) is 5.42. The second-order valence-electron chi connectivity index (χ2n) is 8.67. The Labute approximate surface area is 177 Å². The highest BCUT2D eigenvalue weighted by atomic mass is 35.5. The van der Waals surface area contributed by atoms with Gasteiger partial charge in [0.05, 0.1) is 6.04 Å². The third kappa shape index (κ3) is 3.36. The average Bonchev–Trinajstić information content (AvgIpc) is 3.24. The molecular weight excluding hydrogens is 380 g/mol. The molecule has 0 saturated carbocycles. The van der Waals surface area contributed by atoms with Gasteiger partial charge in [0.1, 0.15) is 0 Å². The maximum Gasteiger partial charge on any atom is 0.254 e. The van der Waals surface area contributed by atoms with Gasteiger partial charge in [-0.15, -0.1) is 0 Å². The lowest BCUT2D eigenvalue weighted by Gasteiger charge is -2.38. The summed E-state index contributed by atoms with van der Waals surface area (Å²) in [6, 6.07) is 15.0. The molecule has 1 amide bonds. The molecule has 0 radical (unpaired) electrons. The summed E-state index contributed by atoms with van der Waals surface area (Å²) in [5.41, 5.74) is 4.48. The molecule has 3 aliphatic rings. The molecule has 2 heterocycles. The Hall–Kier alpha value is -2.26. The fourth-order valence-electron chi connectivity index (χ4n) is 5.29. The van der Waals surface area contributed by atoms with Crippen LogP contribution in [-0.2, 0) is 0 Å². The minimum absolute atomic E-state index is 0.179. The largest absolute Gasteiger partial charge is 0.378 e. The maximum atomic E-state index is 13.2. The SMILES string of the molecule is C[C@H]1CCCCN1C(=O)c1ccc2c(c1)[C@@H]1C=CC[C@@H]1[C@H](c1ccc(Cl)cc1)N2. The monoisotopic (exact) mass is 406 g/mol. The number of hydrogen-bond donors (Lipinski definition) is 1. The van der Waals surface area contributed by atoms with Gasteiger partial charge >= 0.3 is 0 Å². The molecule has 2 aliphatic heterocycles. The number of likely N-dealkylation sites (tertiary alicyclic amines) is 1. The van der Waals surface area contributed by atoms with E-state index < -0.39 is 0 Å². The molecule has 1 N–H and O–H groups in total. The van der Waals surface area contributed by atoms with E-state index in [4.69, 9.17) is 11.6 Å². The molecule has 4 heteroatoms. The summed E-state index contributed by atoms with van der Waals surface area (Å²) in [7, 11) is 0. The van der Waals surface area contributed by atoms with E-state index in [-0.39, 0.29) is 11.9 Å². The number of benzene rings is 2. The molecule has 3 nitrogen and oxygen atoms in total. The molecule has 29 heavy (non-hydrogen) atoms. The first-order chi connectivity index (χ1) is 14.1. The van der Waals surface area contributed by atoms with E-state index in [2.05, 4.69) is 53.6 Å². The van der Waals surface area contributed by atoms with Crippen LogP contribution in [0.15, 0.2) is 54.6 Å². The molecule has 1 aliphatic carbocycles. The van der Waals surface area contributed by atoms with Crippen molar-refractivity contribution in [3.8, 4) is 0 Å². The molecule has 0 unspecified atom stereocenters. The Morgan fingerprint density at radius 1 is 1.14 bits per heavy atom. The number of fused-ring (bicyclic) bond motifs is 3. The van der Waals surface area contributed by atoms with Gasteiger partial charge in [-0.1, -0.05) is 35.9 Å². The van der Waals surface area contributed by atoms with E-state index in [1.54, 1.807) is 0 Å². The van der Waals surface area contributed by atoms with E-state index in [1.807, 2.05) is 18.2 Å². The number of nitrogens with one attached hydrogen (secondary N) is 1. The first-order valence-corrected chi connectivity index (χ1v) is 11.1. The predicted octanol–water partition coefficient (Wildman–Crippen LogP) is 6.18. The molecular formula is C25H27ClN2O. The summed E-state index contributed by atoms with van der Waals surface area (Å²) >= 11 is 6.10. The van der Waals surface area contributed by atoms with Crippen molar-refractivity contribution < 1.29 is 4.79 Å². The van der Waals surface area contributed by atoms with Crippen LogP contribution in [0.2, 0.25) is 5.02 Å². The highest BCUT2D eigenvalue weighted by molar-refractivity contribution is 6.30. The molecule has 0 aromatic heterocycles. The number of anilines is 1. The Morgan fingerprint density at radius 3 is 2.76 bits per heavy atom. The minimum Gasteiger partial charge on any atom is -0.378 e. The van der Waals surface area contributed by atoms with Crippen LogP contribution >= 0.6 is 11.6 Å². The smallest absolute Gasteiger partial charge is 0.254 e. The van der Waals surface area contributed by atoms with Crippen LogP contribution in [0.3, 0.4) is 0 Å². The number of carbonyl (C=O) groups excluding carboxylic acids is 1. The number of piperidine rings is 1. The van der Waals surface area contributed by atoms with Crippen molar-refractivity contribution in [2.24, 2.45) is 5.92 Å². The second kappa shape index (κ2) is 7.53. The lowest BCUT2D eigenvalue weighted by molar-refractivity contribution is 0.0635. The van der Waals surface area contributed by atoms with Gasteiger partial charge < -0.3 is 10.2 Å². The second-order valence-corrected chi connectivity index (χ2v) is 9.11. The molecule has 0 bridgehead atoms. The zero-order valence-corrected chi connectivity index (χ0v) is 17.5. The van der Waals surface area contributed by atoms with Crippen molar-refractivity contribution in [3.05, 3.63) is 76.3 Å². The molecule has 150 valence electrons. The average molecular weight is 407 g/mol. The van der Waals surface area contributed by atoms with Crippen LogP contribution in [0.4, 0.5) is 5.69 Å². The van der Waals surface area contributed by atoms with Gasteiger partial charge in [0.25, 0.3) is 5.91 Å². The summed E-state index contributed by atoms with van der Waals surface area (Å²) in [6.07, 6.45) is 9.10. The van der Waals surface area contributed by atoms with Gasteiger partial charge in [0, 0.05) is 34.8 Å². The zero-order chi connectivity index (χ0) is 20.0. The van der Waals surface area contributed by atoms with E-state index in [0.29, 0.717) is 17.9 Å². The molecule has 0 spiro atoms. The third-order valence-electron chi connectivity index (χ3n) is 6.90. The quantitative estimate of drug-likeness (QED) is 0.604. The van der Waals surface area contributed by atoms with Crippen molar-refractivity contribution in [3.63, 3.8) is 0 Å². The summed E-state index contributed by atoms with van der Waals surface area (Å²) in [5.74, 6) is 0.986. The highest BCUT2D eigenvalue weighted by Crippen LogP contribution is 2.50. The zero-order valence-electron chi connectivity index (χ0n) is 16.8. The molecule has 1 fully saturated rings. The predicted molar refractivity (Wildman–Crippen MR) is 119 cm³/mol. The van der Waals surface area contributed by atoms with Crippen LogP contribution in [0.5, 0.6) is 0 Å². The van der Waals surface area contributed by atoms with Crippen molar-refractivity contribution in [2.75, 3.05) is 11.9 Å². The summed E-state index contributed by atoms with van der Waals surface area (Å²) in [4.78, 5) is 15.2. The van der Waals surface area contributed by atoms with Crippen LogP contribution < -0.4 is 5.32 Å². The number of rotatable bonds is 2. The van der Waals surface area contributed by atoms with Crippen molar-refractivity contribution in [1.82, 2.24) is 4.90 Å². The van der Waals surface area contributed by atoms with Gasteiger partial charge in [-0.05, 0) is 80.0 Å². The Kier molecular flexibility index (Phi) is 4.87. The molecule has 4 atom stereocenters. The normalized spacial score (nSPS) is 27.9. The van der Waals surface area contributed by atoms with Crippen molar-refractivity contribution in [1.29, 1.82) is 0 Å². The number of amides is 1. The van der Waals surface area contributed by atoms with Crippen LogP contribution in [0.1, 0.15) is 66.1 Å². The maximum absolute atomic E-state index is 13.2. The number of halogens is 1. The van der Waals surface area contributed by atoms with Gasteiger partial charge in [-0.3, -0.25) is 4.79 Å². The van der Waals surface area contributed by atoms with E-state index >= 15 is 0 Å².